The fourth-order valence-electron chi connectivity index (χ4n) is 2.70. The van der Waals surface area contributed by atoms with E-state index in [1.807, 2.05) is 44.2 Å². The summed E-state index contributed by atoms with van der Waals surface area (Å²) in [5, 5.41) is 13.6. The molecule has 6 heteroatoms. The number of benzene rings is 1. The van der Waals surface area contributed by atoms with Gasteiger partial charge in [-0.15, -0.1) is 0 Å². The topological polar surface area (TPSA) is 80.2 Å². The molecule has 3 rings (SSSR count). The molecule has 26 heavy (non-hydrogen) atoms. The van der Waals surface area contributed by atoms with Crippen LogP contribution in [0.4, 0.5) is 5.82 Å². The first-order valence-electron chi connectivity index (χ1n) is 8.43. The second-order valence-electron chi connectivity index (χ2n) is 6.16. The standard InChI is InChI=1S/C20H22N4O2/c1-13(16-5-4-6-18(26-3)20(16)25)10-22-19-9-17(23-12-24-19)15-8-7-14(2)21-11-15/h4-9,11-13,25H,10H2,1-3H3,(H,22,23,24). The molecule has 0 spiro atoms. The highest BCUT2D eigenvalue weighted by molar-refractivity contribution is 5.61. The smallest absolute Gasteiger partial charge is 0.161 e. The summed E-state index contributed by atoms with van der Waals surface area (Å²) in [6, 6.07) is 11.4. The molecule has 1 atom stereocenters. The molecule has 134 valence electrons. The number of hydrogen-bond acceptors (Lipinski definition) is 6. The third kappa shape index (κ3) is 3.91. The van der Waals surface area contributed by atoms with E-state index in [9.17, 15) is 5.11 Å². The Labute approximate surface area is 152 Å². The van der Waals surface area contributed by atoms with Gasteiger partial charge in [-0.25, -0.2) is 9.97 Å². The van der Waals surface area contributed by atoms with Gasteiger partial charge in [-0.3, -0.25) is 4.98 Å². The first-order chi connectivity index (χ1) is 12.6. The normalized spacial score (nSPS) is 11.8. The average molecular weight is 350 g/mol. The van der Waals surface area contributed by atoms with Gasteiger partial charge in [0.05, 0.1) is 12.8 Å². The van der Waals surface area contributed by atoms with Crippen LogP contribution < -0.4 is 10.1 Å². The minimum absolute atomic E-state index is 0.0737. The third-order valence-electron chi connectivity index (χ3n) is 4.24. The first-order valence-corrected chi connectivity index (χ1v) is 8.43. The summed E-state index contributed by atoms with van der Waals surface area (Å²) in [5.74, 6) is 1.46. The van der Waals surface area contributed by atoms with Crippen LogP contribution in [0.2, 0.25) is 0 Å². The van der Waals surface area contributed by atoms with Crippen molar-refractivity contribution >= 4 is 5.82 Å². The fraction of sp³-hybridized carbons (Fsp3) is 0.250. The van der Waals surface area contributed by atoms with Gasteiger partial charge in [0.1, 0.15) is 12.1 Å². The largest absolute Gasteiger partial charge is 0.504 e. The molecule has 0 fully saturated rings. The number of aryl methyl sites for hydroxylation is 1. The number of nitrogens with zero attached hydrogens (tertiary/aromatic N) is 3. The Bertz CT molecular complexity index is 881. The fourth-order valence-corrected chi connectivity index (χ4v) is 2.70. The van der Waals surface area contributed by atoms with Crippen LogP contribution in [0.25, 0.3) is 11.3 Å². The Morgan fingerprint density at radius 3 is 2.73 bits per heavy atom. The third-order valence-corrected chi connectivity index (χ3v) is 4.24. The van der Waals surface area contributed by atoms with Crippen LogP contribution in [0.1, 0.15) is 24.1 Å². The molecule has 0 saturated carbocycles. The molecule has 0 aliphatic carbocycles. The predicted molar refractivity (Wildman–Crippen MR) is 102 cm³/mol. The zero-order valence-electron chi connectivity index (χ0n) is 15.1. The number of aromatic hydroxyl groups is 1. The Morgan fingerprint density at radius 1 is 1.15 bits per heavy atom. The zero-order valence-corrected chi connectivity index (χ0v) is 15.1. The van der Waals surface area contributed by atoms with Crippen LogP contribution in [0, 0.1) is 6.92 Å². The molecule has 6 nitrogen and oxygen atoms in total. The summed E-state index contributed by atoms with van der Waals surface area (Å²) >= 11 is 0. The van der Waals surface area contributed by atoms with Gasteiger partial charge in [0.25, 0.3) is 0 Å². The number of rotatable bonds is 6. The lowest BCUT2D eigenvalue weighted by atomic mass is 9.99. The summed E-state index contributed by atoms with van der Waals surface area (Å²) in [6.45, 7) is 4.60. The van der Waals surface area contributed by atoms with Crippen LogP contribution >= 0.6 is 0 Å². The number of pyridine rings is 1. The van der Waals surface area contributed by atoms with Crippen molar-refractivity contribution < 1.29 is 9.84 Å². The summed E-state index contributed by atoms with van der Waals surface area (Å²) in [4.78, 5) is 12.9. The molecule has 0 aliphatic rings. The number of nitrogens with one attached hydrogen (secondary N) is 1. The molecule has 2 heterocycles. The molecule has 0 amide bonds. The van der Waals surface area contributed by atoms with Crippen LogP contribution in [-0.2, 0) is 0 Å². The van der Waals surface area contributed by atoms with Gasteiger partial charge in [0, 0.05) is 41.5 Å². The Balaban J connectivity index is 1.72. The monoisotopic (exact) mass is 350 g/mol. The number of phenolic OH excluding ortho intramolecular Hbond substituents is 1. The maximum Gasteiger partial charge on any atom is 0.161 e. The molecule has 2 N–H and O–H groups in total. The van der Waals surface area contributed by atoms with Gasteiger partial charge in [0.2, 0.25) is 0 Å². The summed E-state index contributed by atoms with van der Waals surface area (Å²) < 4.78 is 5.17. The van der Waals surface area contributed by atoms with Crippen LogP contribution in [-0.4, -0.2) is 33.7 Å². The molecule has 0 saturated heterocycles. The molecule has 3 aromatic rings. The first kappa shape index (κ1) is 17.7. The number of phenols is 1. The number of para-hydroxylation sites is 1. The lowest BCUT2D eigenvalue weighted by Crippen LogP contribution is -2.11. The van der Waals surface area contributed by atoms with E-state index in [1.54, 1.807) is 19.4 Å². The number of methoxy groups -OCH3 is 1. The van der Waals surface area contributed by atoms with Crippen molar-refractivity contribution in [2.75, 3.05) is 19.0 Å². The van der Waals surface area contributed by atoms with E-state index in [2.05, 4.69) is 20.3 Å². The maximum atomic E-state index is 10.3. The molecule has 1 aromatic carbocycles. The number of ether oxygens (including phenoxy) is 1. The number of hydrogen-bond donors (Lipinski definition) is 2. The van der Waals surface area contributed by atoms with Crippen molar-refractivity contribution in [3.8, 4) is 22.8 Å². The van der Waals surface area contributed by atoms with Gasteiger partial charge in [-0.2, -0.15) is 0 Å². The minimum atomic E-state index is 0.0737. The zero-order chi connectivity index (χ0) is 18.5. The number of aromatic nitrogens is 3. The second-order valence-corrected chi connectivity index (χ2v) is 6.16. The maximum absolute atomic E-state index is 10.3. The van der Waals surface area contributed by atoms with Crippen LogP contribution in [0.3, 0.4) is 0 Å². The van der Waals surface area contributed by atoms with Gasteiger partial charge in [-0.05, 0) is 25.1 Å². The Kier molecular flexibility index (Phi) is 5.31. The predicted octanol–water partition coefficient (Wildman–Crippen LogP) is 3.78. The quantitative estimate of drug-likeness (QED) is 0.704. The van der Waals surface area contributed by atoms with E-state index >= 15 is 0 Å². The van der Waals surface area contributed by atoms with E-state index in [-0.39, 0.29) is 11.7 Å². The Morgan fingerprint density at radius 2 is 2.00 bits per heavy atom. The molecular weight excluding hydrogens is 328 g/mol. The van der Waals surface area contributed by atoms with E-state index < -0.39 is 0 Å². The molecular formula is C20H22N4O2. The van der Waals surface area contributed by atoms with Crippen molar-refractivity contribution in [3.63, 3.8) is 0 Å². The molecule has 0 aliphatic heterocycles. The van der Waals surface area contributed by atoms with Gasteiger partial charge in [0.15, 0.2) is 11.5 Å². The molecule has 0 bridgehead atoms. The van der Waals surface area contributed by atoms with E-state index in [0.717, 1.165) is 28.3 Å². The van der Waals surface area contributed by atoms with Crippen molar-refractivity contribution in [1.29, 1.82) is 0 Å². The van der Waals surface area contributed by atoms with Gasteiger partial charge >= 0.3 is 0 Å². The lowest BCUT2D eigenvalue weighted by molar-refractivity contribution is 0.369. The highest BCUT2D eigenvalue weighted by Gasteiger charge is 2.14. The summed E-state index contributed by atoms with van der Waals surface area (Å²) in [7, 11) is 1.55. The summed E-state index contributed by atoms with van der Waals surface area (Å²) in [5.41, 5.74) is 3.55. The van der Waals surface area contributed by atoms with E-state index in [1.165, 1.54) is 6.33 Å². The highest BCUT2D eigenvalue weighted by Crippen LogP contribution is 2.34. The highest BCUT2D eigenvalue weighted by atomic mass is 16.5. The van der Waals surface area contributed by atoms with Gasteiger partial charge < -0.3 is 15.2 Å². The van der Waals surface area contributed by atoms with Crippen molar-refractivity contribution in [3.05, 3.63) is 60.2 Å². The van der Waals surface area contributed by atoms with Crippen LogP contribution in [0.5, 0.6) is 11.5 Å². The average Bonchev–Trinajstić information content (AvgIpc) is 2.67. The van der Waals surface area contributed by atoms with E-state index in [0.29, 0.717) is 12.3 Å². The van der Waals surface area contributed by atoms with Crippen molar-refractivity contribution in [1.82, 2.24) is 15.0 Å². The van der Waals surface area contributed by atoms with Gasteiger partial charge in [-0.1, -0.05) is 19.1 Å². The second kappa shape index (κ2) is 7.82. The molecule has 1 unspecified atom stereocenters. The summed E-state index contributed by atoms with van der Waals surface area (Å²) in [6.07, 6.45) is 3.34. The van der Waals surface area contributed by atoms with Crippen LogP contribution in [0.15, 0.2) is 48.9 Å². The van der Waals surface area contributed by atoms with E-state index in [4.69, 9.17) is 4.74 Å². The minimum Gasteiger partial charge on any atom is -0.504 e. The van der Waals surface area contributed by atoms with Crippen molar-refractivity contribution in [2.24, 2.45) is 0 Å². The molecule has 0 radical (unpaired) electrons. The lowest BCUT2D eigenvalue weighted by Gasteiger charge is -2.16. The SMILES string of the molecule is COc1cccc(C(C)CNc2cc(-c3ccc(C)nc3)ncn2)c1O. The Hall–Kier alpha value is -3.15. The molecule has 2 aromatic heterocycles. The number of anilines is 1. The van der Waals surface area contributed by atoms with Crippen molar-refractivity contribution in [2.45, 2.75) is 19.8 Å².